The maximum atomic E-state index is 9.91. The summed E-state index contributed by atoms with van der Waals surface area (Å²) in [6.07, 6.45) is 4.48. The monoisotopic (exact) mass is 446 g/mol. The number of para-hydroxylation sites is 1. The van der Waals surface area contributed by atoms with Gasteiger partial charge in [-0.15, -0.1) is 0 Å². The molecule has 0 bridgehead atoms. The largest absolute Gasteiger partial charge is 0.504 e. The van der Waals surface area contributed by atoms with Crippen LogP contribution in [0.2, 0.25) is 0 Å². The van der Waals surface area contributed by atoms with E-state index < -0.39 is 0 Å². The molecule has 7 nitrogen and oxygen atoms in total. The van der Waals surface area contributed by atoms with Gasteiger partial charge in [-0.05, 0) is 49.1 Å². The Morgan fingerprint density at radius 1 is 0.970 bits per heavy atom. The van der Waals surface area contributed by atoms with E-state index in [-0.39, 0.29) is 5.75 Å². The molecule has 172 valence electrons. The molecular weight excluding hydrogens is 416 g/mol. The van der Waals surface area contributed by atoms with Gasteiger partial charge in [-0.3, -0.25) is 4.90 Å². The minimum absolute atomic E-state index is 0.155. The van der Waals surface area contributed by atoms with Gasteiger partial charge in [0.05, 0.1) is 18.4 Å². The molecule has 33 heavy (non-hydrogen) atoms. The van der Waals surface area contributed by atoms with Crippen molar-refractivity contribution in [1.29, 1.82) is 0 Å². The number of phenols is 1. The highest BCUT2D eigenvalue weighted by atomic mass is 16.5. The van der Waals surface area contributed by atoms with E-state index in [1.165, 1.54) is 19.3 Å². The van der Waals surface area contributed by atoms with Crippen LogP contribution in [-0.2, 0) is 19.5 Å². The van der Waals surface area contributed by atoms with Crippen LogP contribution in [0.4, 0.5) is 5.95 Å². The molecule has 5 rings (SSSR count). The molecule has 1 fully saturated rings. The zero-order valence-electron chi connectivity index (χ0n) is 19.0. The van der Waals surface area contributed by atoms with Crippen molar-refractivity contribution in [1.82, 2.24) is 14.9 Å². The number of aromatic nitrogens is 2. The van der Waals surface area contributed by atoms with Crippen LogP contribution in [0.5, 0.6) is 23.1 Å². The van der Waals surface area contributed by atoms with Crippen LogP contribution >= 0.6 is 0 Å². The molecule has 0 aliphatic carbocycles. The molecule has 0 radical (unpaired) electrons. The minimum Gasteiger partial charge on any atom is -0.504 e. The average Bonchev–Trinajstić information content (AvgIpc) is 2.86. The SMILES string of the molecule is COc1cc(CN2CCc3nc(N4CCCCC4)nc(Oc4ccccc4)c3C2)ccc1O. The van der Waals surface area contributed by atoms with Gasteiger partial charge in [-0.25, -0.2) is 4.98 Å². The molecule has 3 heterocycles. The number of hydrogen-bond acceptors (Lipinski definition) is 7. The van der Waals surface area contributed by atoms with Crippen LogP contribution < -0.4 is 14.4 Å². The molecule has 2 aliphatic rings. The predicted octanol–water partition coefficient (Wildman–Crippen LogP) is 4.53. The van der Waals surface area contributed by atoms with E-state index in [0.29, 0.717) is 18.2 Å². The Labute approximate surface area is 194 Å². The number of aromatic hydroxyl groups is 1. The molecule has 0 amide bonds. The lowest BCUT2D eigenvalue weighted by Gasteiger charge is -2.32. The smallest absolute Gasteiger partial charge is 0.228 e. The van der Waals surface area contributed by atoms with E-state index >= 15 is 0 Å². The van der Waals surface area contributed by atoms with Gasteiger partial charge in [0.15, 0.2) is 11.5 Å². The van der Waals surface area contributed by atoms with Crippen LogP contribution in [0.1, 0.15) is 36.1 Å². The molecule has 1 N–H and O–H groups in total. The first-order chi connectivity index (χ1) is 16.2. The van der Waals surface area contributed by atoms with Crippen LogP contribution in [0.25, 0.3) is 0 Å². The number of methoxy groups -OCH3 is 1. The Balaban J connectivity index is 1.43. The van der Waals surface area contributed by atoms with Crippen molar-refractivity contribution in [3.8, 4) is 23.1 Å². The first-order valence-corrected chi connectivity index (χ1v) is 11.7. The third kappa shape index (κ3) is 4.88. The summed E-state index contributed by atoms with van der Waals surface area (Å²) in [5.41, 5.74) is 3.22. The number of anilines is 1. The fourth-order valence-corrected chi connectivity index (χ4v) is 4.56. The van der Waals surface area contributed by atoms with Crippen molar-refractivity contribution in [2.75, 3.05) is 31.6 Å². The second-order valence-electron chi connectivity index (χ2n) is 8.68. The van der Waals surface area contributed by atoms with Crippen molar-refractivity contribution < 1.29 is 14.6 Å². The van der Waals surface area contributed by atoms with Gasteiger partial charge in [0.1, 0.15) is 5.75 Å². The highest BCUT2D eigenvalue weighted by Crippen LogP contribution is 2.33. The van der Waals surface area contributed by atoms with Crippen molar-refractivity contribution in [2.24, 2.45) is 0 Å². The quantitative estimate of drug-likeness (QED) is 0.596. The van der Waals surface area contributed by atoms with E-state index in [4.69, 9.17) is 19.4 Å². The Hall–Kier alpha value is -3.32. The van der Waals surface area contributed by atoms with Crippen LogP contribution in [0, 0.1) is 0 Å². The Morgan fingerprint density at radius 3 is 2.58 bits per heavy atom. The number of benzene rings is 2. The lowest BCUT2D eigenvalue weighted by molar-refractivity contribution is 0.237. The van der Waals surface area contributed by atoms with Gasteiger partial charge in [-0.2, -0.15) is 4.98 Å². The van der Waals surface area contributed by atoms with Crippen LogP contribution in [0.15, 0.2) is 48.5 Å². The van der Waals surface area contributed by atoms with E-state index in [0.717, 1.165) is 61.1 Å². The second-order valence-corrected chi connectivity index (χ2v) is 8.68. The first kappa shape index (κ1) is 21.5. The summed E-state index contributed by atoms with van der Waals surface area (Å²) in [5, 5.41) is 9.91. The average molecular weight is 447 g/mol. The maximum absolute atomic E-state index is 9.91. The van der Waals surface area contributed by atoms with Crippen LogP contribution in [0.3, 0.4) is 0 Å². The number of nitrogens with zero attached hydrogens (tertiary/aromatic N) is 4. The molecule has 2 aliphatic heterocycles. The number of fused-ring (bicyclic) bond motifs is 1. The minimum atomic E-state index is 0.155. The van der Waals surface area contributed by atoms with E-state index in [1.54, 1.807) is 13.2 Å². The van der Waals surface area contributed by atoms with E-state index in [9.17, 15) is 5.11 Å². The molecule has 2 aromatic carbocycles. The van der Waals surface area contributed by atoms with Crippen molar-refractivity contribution in [3.63, 3.8) is 0 Å². The number of rotatable bonds is 6. The van der Waals surface area contributed by atoms with Gasteiger partial charge in [-0.1, -0.05) is 24.3 Å². The third-order valence-corrected chi connectivity index (χ3v) is 6.34. The van der Waals surface area contributed by atoms with Crippen molar-refractivity contribution in [2.45, 2.75) is 38.8 Å². The Bertz CT molecular complexity index is 1100. The van der Waals surface area contributed by atoms with Crippen molar-refractivity contribution >= 4 is 5.95 Å². The summed E-state index contributed by atoms with van der Waals surface area (Å²) in [6, 6.07) is 15.3. The molecule has 0 spiro atoms. The topological polar surface area (TPSA) is 71.0 Å². The predicted molar refractivity (Wildman–Crippen MR) is 127 cm³/mol. The molecule has 0 saturated carbocycles. The maximum Gasteiger partial charge on any atom is 0.228 e. The summed E-state index contributed by atoms with van der Waals surface area (Å²) in [7, 11) is 1.57. The summed E-state index contributed by atoms with van der Waals surface area (Å²) in [5.74, 6) is 2.87. The Morgan fingerprint density at radius 2 is 1.79 bits per heavy atom. The summed E-state index contributed by atoms with van der Waals surface area (Å²) in [6.45, 7) is 4.35. The summed E-state index contributed by atoms with van der Waals surface area (Å²) >= 11 is 0. The number of hydrogen-bond donors (Lipinski definition) is 1. The third-order valence-electron chi connectivity index (χ3n) is 6.34. The normalized spacial score (nSPS) is 16.3. The molecular formula is C26H30N4O3. The summed E-state index contributed by atoms with van der Waals surface area (Å²) in [4.78, 5) is 14.5. The zero-order valence-corrected chi connectivity index (χ0v) is 19.0. The molecule has 0 unspecified atom stereocenters. The molecule has 7 heteroatoms. The number of phenolic OH excluding ortho intramolecular Hbond substituents is 1. The van der Waals surface area contributed by atoms with Crippen LogP contribution in [-0.4, -0.2) is 46.7 Å². The lowest BCUT2D eigenvalue weighted by atomic mass is 10.1. The second kappa shape index (κ2) is 9.67. The van der Waals surface area contributed by atoms with Gasteiger partial charge in [0.2, 0.25) is 11.8 Å². The standard InChI is InChI=1S/C26H30N4O3/c1-32-24-16-19(10-11-23(24)31)17-29-15-12-22-21(18-29)25(33-20-8-4-2-5-9-20)28-26(27-22)30-13-6-3-7-14-30/h2,4-5,8-11,16,31H,3,6-7,12-15,17-18H2,1H3. The molecule has 3 aromatic rings. The number of ether oxygens (including phenoxy) is 2. The van der Waals surface area contributed by atoms with E-state index in [1.807, 2.05) is 42.5 Å². The van der Waals surface area contributed by atoms with Gasteiger partial charge >= 0.3 is 0 Å². The van der Waals surface area contributed by atoms with Crippen molar-refractivity contribution in [3.05, 3.63) is 65.4 Å². The van der Waals surface area contributed by atoms with E-state index in [2.05, 4.69) is 9.80 Å². The zero-order chi connectivity index (χ0) is 22.6. The van der Waals surface area contributed by atoms with Gasteiger partial charge < -0.3 is 19.5 Å². The molecule has 1 aromatic heterocycles. The Kier molecular flexibility index (Phi) is 6.30. The van der Waals surface area contributed by atoms with Gasteiger partial charge in [0, 0.05) is 39.1 Å². The molecule has 0 atom stereocenters. The fraction of sp³-hybridized carbons (Fsp3) is 0.385. The fourth-order valence-electron chi connectivity index (χ4n) is 4.56. The highest BCUT2D eigenvalue weighted by molar-refractivity contribution is 5.44. The number of piperidine rings is 1. The first-order valence-electron chi connectivity index (χ1n) is 11.7. The lowest BCUT2D eigenvalue weighted by Crippen LogP contribution is -2.34. The molecule has 1 saturated heterocycles. The highest BCUT2D eigenvalue weighted by Gasteiger charge is 2.26. The van der Waals surface area contributed by atoms with Gasteiger partial charge in [0.25, 0.3) is 0 Å². The summed E-state index contributed by atoms with van der Waals surface area (Å²) < 4.78 is 11.6.